The molecule has 1 aromatic rings. The molecule has 0 aliphatic carbocycles. The second kappa shape index (κ2) is 9.18. The van der Waals surface area contributed by atoms with Crippen LogP contribution >= 0.6 is 0 Å². The van der Waals surface area contributed by atoms with Crippen LogP contribution in [0.5, 0.6) is 0 Å². The fourth-order valence-electron chi connectivity index (χ4n) is 3.87. The lowest BCUT2D eigenvalue weighted by Crippen LogP contribution is -2.36. The van der Waals surface area contributed by atoms with Crippen LogP contribution in [0.15, 0.2) is 23.9 Å². The lowest BCUT2D eigenvalue weighted by molar-refractivity contribution is 0.284. The maximum absolute atomic E-state index is 4.78. The quantitative estimate of drug-likeness (QED) is 0.798. The highest BCUT2D eigenvalue weighted by molar-refractivity contribution is 5.42. The van der Waals surface area contributed by atoms with Gasteiger partial charge >= 0.3 is 0 Å². The van der Waals surface area contributed by atoms with E-state index in [1.165, 1.54) is 50.6 Å². The fraction of sp³-hybridized carbons (Fsp3) is 0.700. The third-order valence-corrected chi connectivity index (χ3v) is 5.51. The smallest absolute Gasteiger partial charge is 0.224 e. The average molecular weight is 344 g/mol. The second-order valence-corrected chi connectivity index (χ2v) is 7.42. The van der Waals surface area contributed by atoms with E-state index in [1.54, 1.807) is 0 Å². The molecule has 0 radical (unpaired) electrons. The van der Waals surface area contributed by atoms with Crippen molar-refractivity contribution < 1.29 is 0 Å². The largest absolute Gasteiger partial charge is 0.356 e. The van der Waals surface area contributed by atoms with Crippen molar-refractivity contribution in [1.29, 1.82) is 0 Å². The number of hydrogen-bond donors (Lipinski definition) is 1. The maximum Gasteiger partial charge on any atom is 0.224 e. The summed E-state index contributed by atoms with van der Waals surface area (Å²) < 4.78 is 0. The first-order valence-corrected chi connectivity index (χ1v) is 9.94. The van der Waals surface area contributed by atoms with E-state index in [1.807, 2.05) is 12.3 Å². The number of nitrogens with one attached hydrogen (secondary N) is 1. The summed E-state index contributed by atoms with van der Waals surface area (Å²) in [5, 5.41) is 3.49. The van der Waals surface area contributed by atoms with Crippen LogP contribution in [-0.4, -0.2) is 53.6 Å². The summed E-state index contributed by atoms with van der Waals surface area (Å²) in [7, 11) is 0. The van der Waals surface area contributed by atoms with Crippen LogP contribution in [-0.2, 0) is 0 Å². The molecule has 1 atom stereocenters. The standard InChI is InChI=1S/C20H33N5/c1-3-17(2)16-25-14-8-9-18(25)15-22-20-21-11-10-19(23-20)24-12-6-4-5-7-13-24/h3,10-11,18H,4-9,12-16H2,1-2H3,(H,21,22,23). The second-order valence-electron chi connectivity index (χ2n) is 7.42. The summed E-state index contributed by atoms with van der Waals surface area (Å²) in [6.45, 7) is 9.80. The van der Waals surface area contributed by atoms with Gasteiger partial charge in [0.15, 0.2) is 0 Å². The first kappa shape index (κ1) is 18.2. The van der Waals surface area contributed by atoms with Gasteiger partial charge in [0.1, 0.15) is 5.82 Å². The van der Waals surface area contributed by atoms with E-state index in [9.17, 15) is 0 Å². The number of aromatic nitrogens is 2. The van der Waals surface area contributed by atoms with Gasteiger partial charge in [-0.2, -0.15) is 4.98 Å². The van der Waals surface area contributed by atoms with Crippen molar-refractivity contribution in [3.8, 4) is 0 Å². The molecule has 25 heavy (non-hydrogen) atoms. The number of anilines is 2. The molecule has 1 unspecified atom stereocenters. The molecule has 0 spiro atoms. The van der Waals surface area contributed by atoms with Gasteiger partial charge in [-0.05, 0) is 52.1 Å². The normalized spacial score (nSPS) is 22.9. The van der Waals surface area contributed by atoms with Crippen molar-refractivity contribution >= 4 is 11.8 Å². The third-order valence-electron chi connectivity index (χ3n) is 5.51. The lowest BCUT2D eigenvalue weighted by atomic mass is 10.2. The zero-order valence-corrected chi connectivity index (χ0v) is 15.9. The molecular formula is C20H33N5. The Balaban J connectivity index is 1.56. The molecule has 138 valence electrons. The Morgan fingerprint density at radius 2 is 2.00 bits per heavy atom. The van der Waals surface area contributed by atoms with Crippen LogP contribution in [0.1, 0.15) is 52.4 Å². The van der Waals surface area contributed by atoms with Crippen molar-refractivity contribution in [2.24, 2.45) is 0 Å². The zero-order chi connectivity index (χ0) is 17.5. The van der Waals surface area contributed by atoms with Gasteiger partial charge in [-0.15, -0.1) is 0 Å². The first-order valence-electron chi connectivity index (χ1n) is 9.94. The average Bonchev–Trinajstić information content (AvgIpc) is 2.90. The lowest BCUT2D eigenvalue weighted by Gasteiger charge is -2.25. The summed E-state index contributed by atoms with van der Waals surface area (Å²) in [4.78, 5) is 14.2. The molecule has 2 fully saturated rings. The van der Waals surface area contributed by atoms with Gasteiger partial charge in [-0.3, -0.25) is 4.90 Å². The van der Waals surface area contributed by atoms with Gasteiger partial charge in [-0.25, -0.2) is 4.98 Å². The number of likely N-dealkylation sites (tertiary alicyclic amines) is 1. The van der Waals surface area contributed by atoms with Crippen LogP contribution in [0.4, 0.5) is 11.8 Å². The topological polar surface area (TPSA) is 44.3 Å². The molecular weight excluding hydrogens is 310 g/mol. The minimum absolute atomic E-state index is 0.584. The molecule has 3 rings (SSSR count). The van der Waals surface area contributed by atoms with Crippen LogP contribution in [0.2, 0.25) is 0 Å². The summed E-state index contributed by atoms with van der Waals surface area (Å²) >= 11 is 0. The molecule has 5 heteroatoms. The molecule has 0 saturated carbocycles. The van der Waals surface area contributed by atoms with E-state index in [2.05, 4.69) is 40.0 Å². The predicted octanol–water partition coefficient (Wildman–Crippen LogP) is 3.70. The van der Waals surface area contributed by atoms with E-state index in [-0.39, 0.29) is 0 Å². The van der Waals surface area contributed by atoms with Crippen molar-refractivity contribution in [2.75, 3.05) is 42.9 Å². The molecule has 5 nitrogen and oxygen atoms in total. The molecule has 2 aliphatic rings. The van der Waals surface area contributed by atoms with Gasteiger partial charge in [-0.1, -0.05) is 24.5 Å². The first-order chi connectivity index (χ1) is 12.3. The zero-order valence-electron chi connectivity index (χ0n) is 15.9. The fourth-order valence-corrected chi connectivity index (χ4v) is 3.87. The summed E-state index contributed by atoms with van der Waals surface area (Å²) in [6, 6.07) is 2.63. The summed E-state index contributed by atoms with van der Waals surface area (Å²) in [6.07, 6.45) is 11.9. The van der Waals surface area contributed by atoms with E-state index in [0.29, 0.717) is 6.04 Å². The van der Waals surface area contributed by atoms with Gasteiger partial charge in [0.2, 0.25) is 5.95 Å². The Hall–Kier alpha value is -1.62. The minimum Gasteiger partial charge on any atom is -0.356 e. The maximum atomic E-state index is 4.78. The van der Waals surface area contributed by atoms with Crippen molar-refractivity contribution in [3.63, 3.8) is 0 Å². The van der Waals surface area contributed by atoms with Crippen LogP contribution < -0.4 is 10.2 Å². The van der Waals surface area contributed by atoms with Gasteiger partial charge in [0.25, 0.3) is 0 Å². The van der Waals surface area contributed by atoms with Crippen molar-refractivity contribution in [1.82, 2.24) is 14.9 Å². The van der Waals surface area contributed by atoms with E-state index in [4.69, 9.17) is 4.98 Å². The van der Waals surface area contributed by atoms with E-state index >= 15 is 0 Å². The predicted molar refractivity (Wildman–Crippen MR) is 105 cm³/mol. The van der Waals surface area contributed by atoms with Crippen LogP contribution in [0.3, 0.4) is 0 Å². The third kappa shape index (κ3) is 5.18. The van der Waals surface area contributed by atoms with Gasteiger partial charge < -0.3 is 10.2 Å². The number of allylic oxidation sites excluding steroid dienone is 1. The summed E-state index contributed by atoms with van der Waals surface area (Å²) in [5.41, 5.74) is 1.45. The SMILES string of the molecule is CC=C(C)CN1CCCC1CNc1nccc(N2CCCCCC2)n1. The Kier molecular flexibility index (Phi) is 6.68. The minimum atomic E-state index is 0.584. The highest BCUT2D eigenvalue weighted by atomic mass is 15.2. The van der Waals surface area contributed by atoms with Gasteiger partial charge in [0, 0.05) is 38.4 Å². The van der Waals surface area contributed by atoms with Gasteiger partial charge in [0.05, 0.1) is 0 Å². The Labute approximate surface area is 152 Å². The number of hydrogen-bond acceptors (Lipinski definition) is 5. The number of nitrogens with zero attached hydrogens (tertiary/aromatic N) is 4. The van der Waals surface area contributed by atoms with Crippen LogP contribution in [0.25, 0.3) is 0 Å². The number of rotatable bonds is 6. The molecule has 1 N–H and O–H groups in total. The Bertz CT molecular complexity index is 563. The van der Waals surface area contributed by atoms with E-state index in [0.717, 1.165) is 37.9 Å². The Morgan fingerprint density at radius 3 is 2.76 bits per heavy atom. The van der Waals surface area contributed by atoms with Crippen molar-refractivity contribution in [2.45, 2.75) is 58.4 Å². The molecule has 1 aromatic heterocycles. The van der Waals surface area contributed by atoms with Crippen molar-refractivity contribution in [3.05, 3.63) is 23.9 Å². The molecule has 0 amide bonds. The summed E-state index contributed by atoms with van der Waals surface area (Å²) in [5.74, 6) is 1.85. The monoisotopic (exact) mass is 343 g/mol. The molecule has 0 aromatic carbocycles. The molecule has 2 aliphatic heterocycles. The van der Waals surface area contributed by atoms with Crippen LogP contribution in [0, 0.1) is 0 Å². The van der Waals surface area contributed by atoms with E-state index < -0.39 is 0 Å². The molecule has 3 heterocycles. The molecule has 0 bridgehead atoms. The highest BCUT2D eigenvalue weighted by Gasteiger charge is 2.24. The Morgan fingerprint density at radius 1 is 1.20 bits per heavy atom. The highest BCUT2D eigenvalue weighted by Crippen LogP contribution is 2.20. The molecule has 2 saturated heterocycles.